The van der Waals surface area contributed by atoms with E-state index in [9.17, 15) is 0 Å². The van der Waals surface area contributed by atoms with E-state index in [1.807, 2.05) is 6.07 Å². The van der Waals surface area contributed by atoms with Gasteiger partial charge in [-0.05, 0) is 45.3 Å². The van der Waals surface area contributed by atoms with Crippen molar-refractivity contribution < 1.29 is 4.74 Å². The molecular formula is C13H18N2O. The number of fused-ring (bicyclic) bond motifs is 1. The Kier molecular flexibility index (Phi) is 2.88. The lowest BCUT2D eigenvalue weighted by molar-refractivity contribution is 0.244. The van der Waals surface area contributed by atoms with Gasteiger partial charge < -0.3 is 9.30 Å². The van der Waals surface area contributed by atoms with Gasteiger partial charge in [-0.15, -0.1) is 0 Å². The van der Waals surface area contributed by atoms with Crippen molar-refractivity contribution in [3.63, 3.8) is 0 Å². The highest BCUT2D eigenvalue weighted by atomic mass is 16.5. The molecule has 1 atom stereocenters. The zero-order valence-corrected chi connectivity index (χ0v) is 10.3. The van der Waals surface area contributed by atoms with Crippen LogP contribution >= 0.6 is 0 Å². The van der Waals surface area contributed by atoms with Crippen molar-refractivity contribution in [2.45, 2.75) is 13.1 Å². The minimum atomic E-state index is 0.353. The van der Waals surface area contributed by atoms with Crippen LogP contribution in [0, 0.1) is 0 Å². The van der Waals surface area contributed by atoms with Gasteiger partial charge in [0.15, 0.2) is 0 Å². The summed E-state index contributed by atoms with van der Waals surface area (Å²) < 4.78 is 7.48. The van der Waals surface area contributed by atoms with Crippen LogP contribution in [-0.2, 0) is 0 Å². The van der Waals surface area contributed by atoms with Crippen molar-refractivity contribution in [2.75, 3.05) is 21.2 Å². The quantitative estimate of drug-likeness (QED) is 0.788. The van der Waals surface area contributed by atoms with E-state index in [0.29, 0.717) is 6.17 Å². The number of nitrogens with zero attached hydrogens (tertiary/aromatic N) is 2. The fourth-order valence-corrected chi connectivity index (χ4v) is 1.84. The topological polar surface area (TPSA) is 17.4 Å². The Bertz CT molecular complexity index is 488. The molecule has 0 N–H and O–H groups in total. The molecule has 0 aliphatic carbocycles. The van der Waals surface area contributed by atoms with E-state index in [-0.39, 0.29) is 0 Å². The predicted octanol–water partition coefficient (Wildman–Crippen LogP) is 2.73. The van der Waals surface area contributed by atoms with Crippen LogP contribution in [0.3, 0.4) is 0 Å². The third-order valence-electron chi connectivity index (χ3n) is 3.08. The number of hydrogen-bond donors (Lipinski definition) is 0. The van der Waals surface area contributed by atoms with E-state index in [1.165, 1.54) is 10.9 Å². The van der Waals surface area contributed by atoms with Crippen LogP contribution in [0.2, 0.25) is 0 Å². The standard InChI is InChI=1S/C13H18N2O/c1-10(14(2)3)15-8-7-11-9-12(16-4)5-6-13(11)15/h5-10H,1-4H3. The Balaban J connectivity index is 2.49. The summed E-state index contributed by atoms with van der Waals surface area (Å²) in [6.45, 7) is 2.18. The van der Waals surface area contributed by atoms with Gasteiger partial charge in [0.1, 0.15) is 5.75 Å². The minimum Gasteiger partial charge on any atom is -0.497 e. The third kappa shape index (κ3) is 1.78. The van der Waals surface area contributed by atoms with Crippen molar-refractivity contribution in [3.05, 3.63) is 30.5 Å². The lowest BCUT2D eigenvalue weighted by Crippen LogP contribution is -2.22. The molecule has 1 heterocycles. The van der Waals surface area contributed by atoms with E-state index >= 15 is 0 Å². The second-order valence-corrected chi connectivity index (χ2v) is 4.24. The lowest BCUT2D eigenvalue weighted by atomic mass is 10.2. The highest BCUT2D eigenvalue weighted by Gasteiger charge is 2.09. The van der Waals surface area contributed by atoms with Crippen molar-refractivity contribution in [2.24, 2.45) is 0 Å². The average molecular weight is 218 g/mol. The van der Waals surface area contributed by atoms with Gasteiger partial charge in [-0.3, -0.25) is 4.90 Å². The van der Waals surface area contributed by atoms with Gasteiger partial charge in [-0.1, -0.05) is 0 Å². The highest BCUT2D eigenvalue weighted by molar-refractivity contribution is 5.81. The molecule has 2 aromatic rings. The summed E-state index contributed by atoms with van der Waals surface area (Å²) in [5.74, 6) is 0.905. The summed E-state index contributed by atoms with van der Waals surface area (Å²) in [6.07, 6.45) is 2.47. The largest absolute Gasteiger partial charge is 0.497 e. The van der Waals surface area contributed by atoms with Gasteiger partial charge in [-0.25, -0.2) is 0 Å². The fraction of sp³-hybridized carbons (Fsp3) is 0.385. The number of ether oxygens (including phenoxy) is 1. The Morgan fingerprint density at radius 1 is 1.25 bits per heavy atom. The molecule has 0 amide bonds. The van der Waals surface area contributed by atoms with Gasteiger partial charge in [0, 0.05) is 17.1 Å². The molecule has 3 nitrogen and oxygen atoms in total. The van der Waals surface area contributed by atoms with Crippen LogP contribution in [0.1, 0.15) is 13.1 Å². The number of hydrogen-bond acceptors (Lipinski definition) is 2. The molecule has 0 radical (unpaired) electrons. The highest BCUT2D eigenvalue weighted by Crippen LogP contribution is 2.24. The maximum absolute atomic E-state index is 5.22. The van der Waals surface area contributed by atoms with Crippen LogP contribution in [-0.4, -0.2) is 30.7 Å². The van der Waals surface area contributed by atoms with Crippen molar-refractivity contribution in [3.8, 4) is 5.75 Å². The molecule has 0 spiro atoms. The molecule has 0 aliphatic heterocycles. The minimum absolute atomic E-state index is 0.353. The monoisotopic (exact) mass is 218 g/mol. The SMILES string of the molecule is COc1ccc2c(ccn2C(C)N(C)C)c1. The molecule has 16 heavy (non-hydrogen) atoms. The Morgan fingerprint density at radius 3 is 2.62 bits per heavy atom. The first-order valence-corrected chi connectivity index (χ1v) is 5.44. The molecule has 3 heteroatoms. The molecule has 1 aromatic carbocycles. The van der Waals surface area contributed by atoms with Crippen LogP contribution in [0.4, 0.5) is 0 Å². The van der Waals surface area contributed by atoms with Crippen molar-refractivity contribution >= 4 is 10.9 Å². The van der Waals surface area contributed by atoms with E-state index in [0.717, 1.165) is 5.75 Å². The van der Waals surface area contributed by atoms with Crippen LogP contribution in [0.25, 0.3) is 10.9 Å². The molecule has 0 saturated heterocycles. The second-order valence-electron chi connectivity index (χ2n) is 4.24. The molecule has 0 saturated carbocycles. The number of methoxy groups -OCH3 is 1. The summed E-state index contributed by atoms with van der Waals surface area (Å²) in [4.78, 5) is 2.18. The van der Waals surface area contributed by atoms with E-state index in [2.05, 4.69) is 54.9 Å². The Morgan fingerprint density at radius 2 is 2.00 bits per heavy atom. The molecule has 1 aromatic heterocycles. The first kappa shape index (κ1) is 11.0. The van der Waals surface area contributed by atoms with Gasteiger partial charge in [-0.2, -0.15) is 0 Å². The molecular weight excluding hydrogens is 200 g/mol. The summed E-state index contributed by atoms with van der Waals surface area (Å²) in [5, 5.41) is 1.22. The van der Waals surface area contributed by atoms with E-state index in [1.54, 1.807) is 7.11 Å². The molecule has 2 rings (SSSR count). The van der Waals surface area contributed by atoms with Gasteiger partial charge in [0.25, 0.3) is 0 Å². The Labute approximate surface area is 96.2 Å². The van der Waals surface area contributed by atoms with Crippen LogP contribution < -0.4 is 4.74 Å². The van der Waals surface area contributed by atoms with Crippen LogP contribution in [0.15, 0.2) is 30.5 Å². The van der Waals surface area contributed by atoms with Gasteiger partial charge >= 0.3 is 0 Å². The predicted molar refractivity (Wildman–Crippen MR) is 66.9 cm³/mol. The smallest absolute Gasteiger partial charge is 0.119 e. The maximum Gasteiger partial charge on any atom is 0.119 e. The van der Waals surface area contributed by atoms with E-state index in [4.69, 9.17) is 4.74 Å². The zero-order valence-electron chi connectivity index (χ0n) is 10.3. The normalized spacial score (nSPS) is 13.3. The molecule has 1 unspecified atom stereocenters. The lowest BCUT2D eigenvalue weighted by Gasteiger charge is -2.22. The summed E-state index contributed by atoms with van der Waals surface area (Å²) >= 11 is 0. The summed E-state index contributed by atoms with van der Waals surface area (Å²) in [7, 11) is 5.86. The van der Waals surface area contributed by atoms with Crippen molar-refractivity contribution in [1.29, 1.82) is 0 Å². The third-order valence-corrected chi connectivity index (χ3v) is 3.08. The molecule has 0 bridgehead atoms. The van der Waals surface area contributed by atoms with Crippen LogP contribution in [0.5, 0.6) is 5.75 Å². The first-order chi connectivity index (χ1) is 7.63. The average Bonchev–Trinajstić information content (AvgIpc) is 2.70. The number of benzene rings is 1. The zero-order chi connectivity index (χ0) is 11.7. The number of aromatic nitrogens is 1. The van der Waals surface area contributed by atoms with Gasteiger partial charge in [0.2, 0.25) is 0 Å². The molecule has 0 aliphatic rings. The molecule has 86 valence electrons. The summed E-state index contributed by atoms with van der Waals surface area (Å²) in [5.41, 5.74) is 1.24. The molecule has 0 fully saturated rings. The number of rotatable bonds is 3. The maximum atomic E-state index is 5.22. The van der Waals surface area contributed by atoms with Crippen molar-refractivity contribution in [1.82, 2.24) is 9.47 Å². The van der Waals surface area contributed by atoms with E-state index < -0.39 is 0 Å². The Hall–Kier alpha value is -1.48. The summed E-state index contributed by atoms with van der Waals surface area (Å²) in [6, 6.07) is 8.29. The second kappa shape index (κ2) is 4.18. The fourth-order valence-electron chi connectivity index (χ4n) is 1.84. The van der Waals surface area contributed by atoms with Gasteiger partial charge in [0.05, 0.1) is 13.3 Å². The first-order valence-electron chi connectivity index (χ1n) is 5.44.